The lowest BCUT2D eigenvalue weighted by Gasteiger charge is -2.08. The maximum Gasteiger partial charge on any atom is 0.273 e. The van der Waals surface area contributed by atoms with E-state index in [1.54, 1.807) is 12.1 Å². The number of aromatic hydroxyl groups is 1. The summed E-state index contributed by atoms with van der Waals surface area (Å²) in [5.74, 6) is -1.89. The molecule has 126 valence electrons. The van der Waals surface area contributed by atoms with E-state index in [9.17, 15) is 19.1 Å². The molecule has 0 atom stereocenters. The molecule has 0 fully saturated rings. The SMILES string of the molecule is O=C(NNC(=O)c1cn[nH]c1-c1ccc(F)cc1)c1ccccc1O. The van der Waals surface area contributed by atoms with Crippen LogP contribution in [0.1, 0.15) is 20.7 Å². The van der Waals surface area contributed by atoms with Crippen molar-refractivity contribution in [2.75, 3.05) is 0 Å². The number of hydrazine groups is 1. The summed E-state index contributed by atoms with van der Waals surface area (Å²) >= 11 is 0. The van der Waals surface area contributed by atoms with Crippen LogP contribution in [0, 0.1) is 5.82 Å². The lowest BCUT2D eigenvalue weighted by Crippen LogP contribution is -2.41. The maximum absolute atomic E-state index is 13.0. The van der Waals surface area contributed by atoms with Crippen molar-refractivity contribution in [1.29, 1.82) is 0 Å². The number of benzene rings is 2. The Labute approximate surface area is 141 Å². The van der Waals surface area contributed by atoms with Gasteiger partial charge in [-0.1, -0.05) is 12.1 Å². The van der Waals surface area contributed by atoms with Crippen molar-refractivity contribution in [3.05, 3.63) is 71.7 Å². The highest BCUT2D eigenvalue weighted by Crippen LogP contribution is 2.21. The van der Waals surface area contributed by atoms with Gasteiger partial charge in [0.1, 0.15) is 11.6 Å². The average molecular weight is 340 g/mol. The summed E-state index contributed by atoms with van der Waals surface area (Å²) in [6.07, 6.45) is 1.29. The smallest absolute Gasteiger partial charge is 0.273 e. The van der Waals surface area contributed by atoms with E-state index in [1.165, 1.54) is 42.6 Å². The van der Waals surface area contributed by atoms with Crippen LogP contribution in [-0.4, -0.2) is 27.1 Å². The molecule has 0 spiro atoms. The maximum atomic E-state index is 13.0. The molecule has 8 heteroatoms. The minimum absolute atomic E-state index is 0.0220. The summed E-state index contributed by atoms with van der Waals surface area (Å²) in [4.78, 5) is 24.2. The first-order chi connectivity index (χ1) is 12.1. The number of hydrogen-bond acceptors (Lipinski definition) is 4. The molecular formula is C17H13FN4O3. The van der Waals surface area contributed by atoms with Crippen molar-refractivity contribution in [2.45, 2.75) is 0 Å². The van der Waals surface area contributed by atoms with E-state index in [-0.39, 0.29) is 16.9 Å². The van der Waals surface area contributed by atoms with Gasteiger partial charge in [-0.15, -0.1) is 0 Å². The normalized spacial score (nSPS) is 10.3. The molecule has 0 aliphatic rings. The van der Waals surface area contributed by atoms with Gasteiger partial charge in [0, 0.05) is 5.56 Å². The Balaban J connectivity index is 1.73. The summed E-state index contributed by atoms with van der Waals surface area (Å²) in [6, 6.07) is 11.5. The van der Waals surface area contributed by atoms with Crippen molar-refractivity contribution in [2.24, 2.45) is 0 Å². The van der Waals surface area contributed by atoms with E-state index in [0.29, 0.717) is 11.3 Å². The fourth-order valence-electron chi connectivity index (χ4n) is 2.21. The van der Waals surface area contributed by atoms with Gasteiger partial charge < -0.3 is 5.11 Å². The molecule has 0 saturated carbocycles. The molecule has 2 amide bonds. The Bertz CT molecular complexity index is 922. The Morgan fingerprint density at radius 2 is 1.60 bits per heavy atom. The molecule has 7 nitrogen and oxygen atoms in total. The van der Waals surface area contributed by atoms with Gasteiger partial charge in [0.05, 0.1) is 23.0 Å². The fraction of sp³-hybridized carbons (Fsp3) is 0. The predicted octanol–water partition coefficient (Wildman–Crippen LogP) is 2.00. The largest absolute Gasteiger partial charge is 0.507 e. The van der Waals surface area contributed by atoms with Crippen LogP contribution in [-0.2, 0) is 0 Å². The zero-order valence-corrected chi connectivity index (χ0v) is 12.8. The summed E-state index contributed by atoms with van der Waals surface area (Å²) < 4.78 is 13.0. The van der Waals surface area contributed by atoms with Crippen molar-refractivity contribution in [3.63, 3.8) is 0 Å². The standard InChI is InChI=1S/C17H13FN4O3/c18-11-7-5-10(6-8-11)15-13(9-19-20-15)17(25)22-21-16(24)12-3-1-2-4-14(12)23/h1-9,23H,(H,19,20)(H,21,24)(H,22,25). The number of amides is 2. The summed E-state index contributed by atoms with van der Waals surface area (Å²) in [7, 11) is 0. The second-order valence-corrected chi connectivity index (χ2v) is 5.09. The van der Waals surface area contributed by atoms with Gasteiger partial charge in [0.15, 0.2) is 0 Å². The van der Waals surface area contributed by atoms with Crippen LogP contribution < -0.4 is 10.9 Å². The van der Waals surface area contributed by atoms with Gasteiger partial charge in [0.25, 0.3) is 11.8 Å². The van der Waals surface area contributed by atoms with Crippen LogP contribution in [0.4, 0.5) is 4.39 Å². The van der Waals surface area contributed by atoms with E-state index in [2.05, 4.69) is 21.0 Å². The number of para-hydroxylation sites is 1. The number of phenolic OH excluding ortho intramolecular Hbond substituents is 1. The molecular weight excluding hydrogens is 327 g/mol. The van der Waals surface area contributed by atoms with Gasteiger partial charge >= 0.3 is 0 Å². The van der Waals surface area contributed by atoms with Gasteiger partial charge in [-0.05, 0) is 36.4 Å². The molecule has 4 N–H and O–H groups in total. The molecule has 3 aromatic rings. The molecule has 0 aliphatic carbocycles. The topological polar surface area (TPSA) is 107 Å². The number of halogens is 1. The second-order valence-electron chi connectivity index (χ2n) is 5.09. The Kier molecular flexibility index (Phi) is 4.42. The number of H-pyrrole nitrogens is 1. The van der Waals surface area contributed by atoms with Crippen LogP contribution in [0.5, 0.6) is 5.75 Å². The lowest BCUT2D eigenvalue weighted by molar-refractivity contribution is 0.0845. The molecule has 1 aromatic heterocycles. The van der Waals surface area contributed by atoms with Crippen LogP contribution in [0.2, 0.25) is 0 Å². The summed E-state index contributed by atoms with van der Waals surface area (Å²) in [5, 5.41) is 16.1. The number of hydrogen-bond donors (Lipinski definition) is 4. The second kappa shape index (κ2) is 6.83. The number of carbonyl (C=O) groups is 2. The zero-order chi connectivity index (χ0) is 17.8. The molecule has 0 saturated heterocycles. The van der Waals surface area contributed by atoms with Crippen molar-refractivity contribution < 1.29 is 19.1 Å². The summed E-state index contributed by atoms with van der Waals surface area (Å²) in [6.45, 7) is 0. The van der Waals surface area contributed by atoms with Crippen molar-refractivity contribution in [1.82, 2.24) is 21.0 Å². The first-order valence-electron chi connectivity index (χ1n) is 7.24. The molecule has 0 aliphatic heterocycles. The van der Waals surface area contributed by atoms with E-state index in [4.69, 9.17) is 0 Å². The van der Waals surface area contributed by atoms with Gasteiger partial charge in [-0.2, -0.15) is 5.10 Å². The third-order valence-electron chi connectivity index (χ3n) is 3.46. The average Bonchev–Trinajstić information content (AvgIpc) is 3.10. The van der Waals surface area contributed by atoms with Gasteiger partial charge in [-0.25, -0.2) is 4.39 Å². The summed E-state index contributed by atoms with van der Waals surface area (Å²) in [5.41, 5.74) is 5.61. The monoisotopic (exact) mass is 340 g/mol. The molecule has 25 heavy (non-hydrogen) atoms. The minimum Gasteiger partial charge on any atom is -0.507 e. The number of carbonyl (C=O) groups excluding carboxylic acids is 2. The highest BCUT2D eigenvalue weighted by molar-refractivity contribution is 6.02. The highest BCUT2D eigenvalue weighted by Gasteiger charge is 2.17. The molecule has 3 rings (SSSR count). The number of nitrogens with zero attached hydrogens (tertiary/aromatic N) is 1. The first-order valence-corrected chi connectivity index (χ1v) is 7.24. The van der Waals surface area contributed by atoms with Gasteiger partial charge in [0.2, 0.25) is 0 Å². The molecule has 0 radical (unpaired) electrons. The Morgan fingerprint density at radius 1 is 0.960 bits per heavy atom. The minimum atomic E-state index is -0.668. The van der Waals surface area contributed by atoms with Crippen molar-refractivity contribution in [3.8, 4) is 17.0 Å². The molecule has 0 bridgehead atoms. The number of nitrogens with one attached hydrogen (secondary N) is 3. The van der Waals surface area contributed by atoms with Crippen molar-refractivity contribution >= 4 is 11.8 Å². The third-order valence-corrected chi connectivity index (χ3v) is 3.46. The molecule has 2 aromatic carbocycles. The first kappa shape index (κ1) is 16.2. The Morgan fingerprint density at radius 3 is 2.28 bits per heavy atom. The van der Waals surface area contributed by atoms with Gasteiger partial charge in [-0.3, -0.25) is 25.5 Å². The quantitative estimate of drug-likeness (QED) is 0.547. The number of aromatic amines is 1. The highest BCUT2D eigenvalue weighted by atomic mass is 19.1. The van der Waals surface area contributed by atoms with E-state index >= 15 is 0 Å². The third kappa shape index (κ3) is 3.47. The molecule has 0 unspecified atom stereocenters. The van der Waals surface area contributed by atoms with Crippen LogP contribution in [0.3, 0.4) is 0 Å². The zero-order valence-electron chi connectivity index (χ0n) is 12.8. The molecule has 1 heterocycles. The van der Waals surface area contributed by atoms with Crippen LogP contribution >= 0.6 is 0 Å². The van der Waals surface area contributed by atoms with E-state index in [0.717, 1.165) is 0 Å². The van der Waals surface area contributed by atoms with Crippen LogP contribution in [0.25, 0.3) is 11.3 Å². The van der Waals surface area contributed by atoms with Crippen LogP contribution in [0.15, 0.2) is 54.7 Å². The lowest BCUT2D eigenvalue weighted by atomic mass is 10.1. The number of rotatable bonds is 3. The Hall–Kier alpha value is -3.68. The number of phenols is 1. The van der Waals surface area contributed by atoms with E-state index < -0.39 is 17.6 Å². The number of aromatic nitrogens is 2. The van der Waals surface area contributed by atoms with E-state index in [1.807, 2.05) is 0 Å². The predicted molar refractivity (Wildman–Crippen MR) is 87.0 cm³/mol. The fourth-order valence-corrected chi connectivity index (χ4v) is 2.21.